The van der Waals surface area contributed by atoms with E-state index in [0.717, 1.165) is 24.4 Å². The van der Waals surface area contributed by atoms with E-state index >= 15 is 0 Å². The van der Waals surface area contributed by atoms with Gasteiger partial charge in [-0.3, -0.25) is 4.79 Å². The lowest BCUT2D eigenvalue weighted by Gasteiger charge is -2.15. The first-order chi connectivity index (χ1) is 7.18. The van der Waals surface area contributed by atoms with Crippen LogP contribution in [0.5, 0.6) is 0 Å². The SMILES string of the molecule is O=C(c1ccc(Cl)cc1)N1CCCC1=S. The van der Waals surface area contributed by atoms with E-state index in [1.54, 1.807) is 29.2 Å². The molecule has 1 saturated heterocycles. The van der Waals surface area contributed by atoms with E-state index in [2.05, 4.69) is 0 Å². The minimum atomic E-state index is -0.0193. The zero-order valence-corrected chi connectivity index (χ0v) is 9.64. The van der Waals surface area contributed by atoms with Crippen molar-refractivity contribution in [1.82, 2.24) is 4.90 Å². The van der Waals surface area contributed by atoms with E-state index in [0.29, 0.717) is 10.6 Å². The number of hydrogen-bond donors (Lipinski definition) is 0. The molecular weight excluding hydrogens is 230 g/mol. The number of carbonyl (C=O) groups is 1. The van der Waals surface area contributed by atoms with Gasteiger partial charge in [0.25, 0.3) is 5.91 Å². The maximum atomic E-state index is 12.0. The molecule has 0 aromatic heterocycles. The molecule has 2 nitrogen and oxygen atoms in total. The predicted molar refractivity (Wildman–Crippen MR) is 64.3 cm³/mol. The van der Waals surface area contributed by atoms with E-state index in [-0.39, 0.29) is 5.91 Å². The quantitative estimate of drug-likeness (QED) is 0.703. The van der Waals surface area contributed by atoms with Gasteiger partial charge in [-0.15, -0.1) is 0 Å². The summed E-state index contributed by atoms with van der Waals surface area (Å²) in [4.78, 5) is 14.4. The molecule has 0 saturated carbocycles. The lowest BCUT2D eigenvalue weighted by atomic mass is 10.2. The summed E-state index contributed by atoms with van der Waals surface area (Å²) in [5.41, 5.74) is 0.642. The van der Waals surface area contributed by atoms with Crippen molar-refractivity contribution in [3.8, 4) is 0 Å². The number of hydrogen-bond acceptors (Lipinski definition) is 2. The number of rotatable bonds is 1. The van der Waals surface area contributed by atoms with Crippen molar-refractivity contribution in [2.75, 3.05) is 6.54 Å². The lowest BCUT2D eigenvalue weighted by Crippen LogP contribution is -2.30. The summed E-state index contributed by atoms with van der Waals surface area (Å²) in [5, 5.41) is 0.635. The molecule has 2 rings (SSSR count). The predicted octanol–water partition coefficient (Wildman–Crippen LogP) is 2.90. The summed E-state index contributed by atoms with van der Waals surface area (Å²) >= 11 is 10.9. The number of carbonyl (C=O) groups excluding carboxylic acids is 1. The molecule has 0 unspecified atom stereocenters. The fourth-order valence-electron chi connectivity index (χ4n) is 1.61. The summed E-state index contributed by atoms with van der Waals surface area (Å²) in [7, 11) is 0. The largest absolute Gasteiger partial charge is 0.302 e. The Hall–Kier alpha value is -0.930. The molecule has 0 aliphatic carbocycles. The van der Waals surface area contributed by atoms with Crippen molar-refractivity contribution in [3.05, 3.63) is 34.9 Å². The highest BCUT2D eigenvalue weighted by Crippen LogP contribution is 2.17. The van der Waals surface area contributed by atoms with Crippen LogP contribution in [0.3, 0.4) is 0 Å². The van der Waals surface area contributed by atoms with Crippen LogP contribution < -0.4 is 0 Å². The van der Waals surface area contributed by atoms with Crippen LogP contribution in [-0.4, -0.2) is 22.3 Å². The van der Waals surface area contributed by atoms with Crippen molar-refractivity contribution in [3.63, 3.8) is 0 Å². The van der Waals surface area contributed by atoms with Crippen molar-refractivity contribution < 1.29 is 4.79 Å². The first-order valence-electron chi connectivity index (χ1n) is 4.79. The number of benzene rings is 1. The zero-order chi connectivity index (χ0) is 10.8. The molecule has 0 atom stereocenters. The number of halogens is 1. The fraction of sp³-hybridized carbons (Fsp3) is 0.273. The minimum absolute atomic E-state index is 0.0193. The van der Waals surface area contributed by atoms with Gasteiger partial charge in [-0.2, -0.15) is 0 Å². The van der Waals surface area contributed by atoms with Gasteiger partial charge in [0.2, 0.25) is 0 Å². The number of likely N-dealkylation sites (tertiary alicyclic amines) is 1. The Kier molecular flexibility index (Phi) is 3.03. The van der Waals surface area contributed by atoms with Crippen molar-refractivity contribution in [2.45, 2.75) is 12.8 Å². The first kappa shape index (κ1) is 10.6. The number of amides is 1. The van der Waals surface area contributed by atoms with Crippen LogP contribution >= 0.6 is 23.8 Å². The van der Waals surface area contributed by atoms with Crippen LogP contribution in [0.15, 0.2) is 24.3 Å². The second-order valence-electron chi connectivity index (χ2n) is 3.46. The van der Waals surface area contributed by atoms with Gasteiger partial charge in [0, 0.05) is 23.6 Å². The van der Waals surface area contributed by atoms with Crippen LogP contribution in [0.2, 0.25) is 5.02 Å². The Morgan fingerprint density at radius 1 is 1.33 bits per heavy atom. The highest BCUT2D eigenvalue weighted by Gasteiger charge is 2.23. The Bertz CT molecular complexity index is 402. The maximum Gasteiger partial charge on any atom is 0.258 e. The van der Waals surface area contributed by atoms with Gasteiger partial charge in [0.05, 0.1) is 4.99 Å². The molecule has 1 amide bonds. The van der Waals surface area contributed by atoms with Crippen molar-refractivity contribution >= 4 is 34.7 Å². The van der Waals surface area contributed by atoms with Crippen molar-refractivity contribution in [2.24, 2.45) is 0 Å². The molecule has 78 valence electrons. The Labute approximate surface area is 98.8 Å². The summed E-state index contributed by atoms with van der Waals surface area (Å²) < 4.78 is 0. The molecule has 0 bridgehead atoms. The summed E-state index contributed by atoms with van der Waals surface area (Å²) in [6, 6.07) is 6.89. The highest BCUT2D eigenvalue weighted by atomic mass is 35.5. The molecule has 1 heterocycles. The van der Waals surface area contributed by atoms with Crippen LogP contribution in [-0.2, 0) is 0 Å². The van der Waals surface area contributed by atoms with E-state index < -0.39 is 0 Å². The molecule has 1 aromatic carbocycles. The molecule has 1 fully saturated rings. The number of thiocarbonyl (C=S) groups is 1. The fourth-order valence-corrected chi connectivity index (χ4v) is 2.06. The highest BCUT2D eigenvalue weighted by molar-refractivity contribution is 7.80. The minimum Gasteiger partial charge on any atom is -0.302 e. The third-order valence-electron chi connectivity index (χ3n) is 2.41. The normalized spacial score (nSPS) is 15.8. The smallest absolute Gasteiger partial charge is 0.258 e. The van der Waals surface area contributed by atoms with Crippen LogP contribution in [0.1, 0.15) is 23.2 Å². The molecule has 0 spiro atoms. The molecular formula is C11H10ClNOS. The zero-order valence-electron chi connectivity index (χ0n) is 8.07. The van der Waals surface area contributed by atoms with Gasteiger partial charge < -0.3 is 4.90 Å². The number of nitrogens with zero attached hydrogens (tertiary/aromatic N) is 1. The van der Waals surface area contributed by atoms with Crippen LogP contribution in [0.4, 0.5) is 0 Å². The van der Waals surface area contributed by atoms with Crippen molar-refractivity contribution in [1.29, 1.82) is 0 Å². The van der Waals surface area contributed by atoms with E-state index in [4.69, 9.17) is 23.8 Å². The molecule has 0 radical (unpaired) electrons. The second-order valence-corrected chi connectivity index (χ2v) is 4.37. The average Bonchev–Trinajstić information content (AvgIpc) is 2.65. The third kappa shape index (κ3) is 2.19. The third-order valence-corrected chi connectivity index (χ3v) is 3.09. The van der Waals surface area contributed by atoms with Gasteiger partial charge >= 0.3 is 0 Å². The van der Waals surface area contributed by atoms with Crippen LogP contribution in [0, 0.1) is 0 Å². The van der Waals surface area contributed by atoms with Gasteiger partial charge in [0.15, 0.2) is 0 Å². The first-order valence-corrected chi connectivity index (χ1v) is 5.57. The van der Waals surface area contributed by atoms with Crippen LogP contribution in [0.25, 0.3) is 0 Å². The van der Waals surface area contributed by atoms with Gasteiger partial charge in [0.1, 0.15) is 0 Å². The summed E-state index contributed by atoms with van der Waals surface area (Å²) in [5.74, 6) is -0.0193. The molecule has 1 aliphatic rings. The molecule has 15 heavy (non-hydrogen) atoms. The molecule has 0 N–H and O–H groups in total. The van der Waals surface area contributed by atoms with Gasteiger partial charge in [-0.25, -0.2) is 0 Å². The summed E-state index contributed by atoms with van der Waals surface area (Å²) in [6.07, 6.45) is 1.81. The van der Waals surface area contributed by atoms with E-state index in [1.165, 1.54) is 0 Å². The van der Waals surface area contributed by atoms with E-state index in [1.807, 2.05) is 0 Å². The Morgan fingerprint density at radius 2 is 2.00 bits per heavy atom. The average molecular weight is 240 g/mol. The van der Waals surface area contributed by atoms with Gasteiger partial charge in [-0.05, 0) is 30.7 Å². The summed E-state index contributed by atoms with van der Waals surface area (Å²) in [6.45, 7) is 0.736. The lowest BCUT2D eigenvalue weighted by molar-refractivity contribution is 0.0859. The topological polar surface area (TPSA) is 20.3 Å². The standard InChI is InChI=1S/C11H10ClNOS/c12-9-5-3-8(4-6-9)11(14)13-7-1-2-10(13)15/h3-6H,1-2,7H2. The second kappa shape index (κ2) is 4.29. The van der Waals surface area contributed by atoms with Gasteiger partial charge in [-0.1, -0.05) is 23.8 Å². The molecule has 1 aromatic rings. The monoisotopic (exact) mass is 239 g/mol. The Balaban J connectivity index is 2.20. The molecule has 4 heteroatoms. The molecule has 1 aliphatic heterocycles. The Morgan fingerprint density at radius 3 is 2.53 bits per heavy atom. The van der Waals surface area contributed by atoms with E-state index in [9.17, 15) is 4.79 Å². The maximum absolute atomic E-state index is 12.0.